The van der Waals surface area contributed by atoms with Crippen LogP contribution in [0.1, 0.15) is 24.2 Å². The van der Waals surface area contributed by atoms with Gasteiger partial charge in [-0.25, -0.2) is 0 Å². The molecule has 1 N–H and O–H groups in total. The van der Waals surface area contributed by atoms with Crippen molar-refractivity contribution in [3.05, 3.63) is 29.8 Å². The maximum atomic E-state index is 11.8. The van der Waals surface area contributed by atoms with Gasteiger partial charge in [0.1, 0.15) is 0 Å². The zero-order valence-corrected chi connectivity index (χ0v) is 12.4. The third-order valence-corrected chi connectivity index (χ3v) is 3.35. The van der Waals surface area contributed by atoms with E-state index in [-0.39, 0.29) is 5.91 Å². The van der Waals surface area contributed by atoms with Gasteiger partial charge in [-0.15, -0.1) is 11.8 Å². The number of thioether (sulfide) groups is 1. The minimum atomic E-state index is -0.00190. The van der Waals surface area contributed by atoms with E-state index in [1.165, 1.54) is 4.90 Å². The van der Waals surface area contributed by atoms with Crippen LogP contribution in [-0.4, -0.2) is 43.2 Å². The largest absolute Gasteiger partial charge is 0.351 e. The molecule has 0 bridgehead atoms. The normalized spacial score (nSPS) is 11.0. The molecule has 0 radical (unpaired) electrons. The van der Waals surface area contributed by atoms with Crippen molar-refractivity contribution in [2.24, 2.45) is 0 Å². The van der Waals surface area contributed by atoms with Crippen molar-refractivity contribution in [2.75, 3.05) is 27.2 Å². The summed E-state index contributed by atoms with van der Waals surface area (Å²) in [5.41, 5.74) is 0.724. The summed E-state index contributed by atoms with van der Waals surface area (Å²) in [7, 11) is 3.98. The summed E-state index contributed by atoms with van der Waals surface area (Å²) >= 11 is 1.80. The SMILES string of the molecule is CC(C)Sc1ccc(C(=O)NCCN(C)C)cc1. The van der Waals surface area contributed by atoms with Crippen LogP contribution in [0.25, 0.3) is 0 Å². The van der Waals surface area contributed by atoms with Gasteiger partial charge in [0, 0.05) is 28.8 Å². The van der Waals surface area contributed by atoms with Gasteiger partial charge < -0.3 is 10.2 Å². The molecule has 4 heteroatoms. The monoisotopic (exact) mass is 266 g/mol. The number of carbonyl (C=O) groups excluding carboxylic acids is 1. The van der Waals surface area contributed by atoms with E-state index in [0.717, 1.165) is 12.1 Å². The maximum absolute atomic E-state index is 11.8. The number of rotatable bonds is 6. The van der Waals surface area contributed by atoms with E-state index in [9.17, 15) is 4.79 Å². The standard InChI is InChI=1S/C14H22N2OS/c1-11(2)18-13-7-5-12(6-8-13)14(17)15-9-10-16(3)4/h5-8,11H,9-10H2,1-4H3,(H,15,17). The van der Waals surface area contributed by atoms with E-state index in [2.05, 4.69) is 19.2 Å². The van der Waals surface area contributed by atoms with Gasteiger partial charge in [0.15, 0.2) is 0 Å². The molecule has 0 atom stereocenters. The van der Waals surface area contributed by atoms with Crippen LogP contribution in [0.4, 0.5) is 0 Å². The van der Waals surface area contributed by atoms with Crippen LogP contribution in [0.5, 0.6) is 0 Å². The lowest BCUT2D eigenvalue weighted by Gasteiger charge is -2.10. The first kappa shape index (κ1) is 15.1. The first-order chi connectivity index (χ1) is 8.49. The van der Waals surface area contributed by atoms with Gasteiger partial charge in [-0.2, -0.15) is 0 Å². The lowest BCUT2D eigenvalue weighted by atomic mass is 10.2. The third kappa shape index (κ3) is 5.56. The van der Waals surface area contributed by atoms with Gasteiger partial charge in [0.25, 0.3) is 5.91 Å². The summed E-state index contributed by atoms with van der Waals surface area (Å²) in [4.78, 5) is 15.1. The number of benzene rings is 1. The van der Waals surface area contributed by atoms with Gasteiger partial charge in [-0.3, -0.25) is 4.79 Å². The van der Waals surface area contributed by atoms with Crippen molar-refractivity contribution in [3.8, 4) is 0 Å². The molecule has 1 aromatic carbocycles. The van der Waals surface area contributed by atoms with Crippen molar-refractivity contribution in [1.29, 1.82) is 0 Å². The average Bonchev–Trinajstić information content (AvgIpc) is 2.28. The second-order valence-corrected chi connectivity index (χ2v) is 6.40. The minimum absolute atomic E-state index is 0.00190. The molecule has 0 saturated carbocycles. The number of hydrogen-bond acceptors (Lipinski definition) is 3. The van der Waals surface area contributed by atoms with Crippen LogP contribution in [0, 0.1) is 0 Å². The molecule has 0 saturated heterocycles. The first-order valence-electron chi connectivity index (χ1n) is 6.18. The number of likely N-dealkylation sites (N-methyl/N-ethyl adjacent to an activating group) is 1. The number of nitrogens with zero attached hydrogens (tertiary/aromatic N) is 1. The van der Waals surface area contributed by atoms with Crippen molar-refractivity contribution in [1.82, 2.24) is 10.2 Å². The van der Waals surface area contributed by atoms with E-state index >= 15 is 0 Å². The minimum Gasteiger partial charge on any atom is -0.351 e. The summed E-state index contributed by atoms with van der Waals surface area (Å²) in [6, 6.07) is 7.78. The quantitative estimate of drug-likeness (QED) is 0.803. The number of amides is 1. The van der Waals surface area contributed by atoms with Crippen LogP contribution in [0.2, 0.25) is 0 Å². The van der Waals surface area contributed by atoms with Crippen LogP contribution < -0.4 is 5.32 Å². The maximum Gasteiger partial charge on any atom is 0.251 e. The van der Waals surface area contributed by atoms with Crippen molar-refractivity contribution < 1.29 is 4.79 Å². The number of carbonyl (C=O) groups is 1. The molecular weight excluding hydrogens is 244 g/mol. The second kappa shape index (κ2) is 7.44. The van der Waals surface area contributed by atoms with Gasteiger partial charge in [-0.05, 0) is 38.4 Å². The highest BCUT2D eigenvalue weighted by Gasteiger charge is 2.05. The molecule has 0 aromatic heterocycles. The molecular formula is C14H22N2OS. The Morgan fingerprint density at radius 3 is 2.39 bits per heavy atom. The summed E-state index contributed by atoms with van der Waals surface area (Å²) in [5.74, 6) is -0.00190. The zero-order chi connectivity index (χ0) is 13.5. The summed E-state index contributed by atoms with van der Waals surface area (Å²) in [5, 5.41) is 3.46. The van der Waals surface area contributed by atoms with Gasteiger partial charge in [-0.1, -0.05) is 13.8 Å². The average molecular weight is 266 g/mol. The van der Waals surface area contributed by atoms with Crippen LogP contribution in [0.3, 0.4) is 0 Å². The van der Waals surface area contributed by atoms with Crippen LogP contribution in [0.15, 0.2) is 29.2 Å². The van der Waals surface area contributed by atoms with Gasteiger partial charge >= 0.3 is 0 Å². The Morgan fingerprint density at radius 1 is 1.28 bits per heavy atom. The Hall–Kier alpha value is -1.00. The molecule has 0 aliphatic rings. The van der Waals surface area contributed by atoms with E-state index in [1.807, 2.05) is 43.3 Å². The van der Waals surface area contributed by atoms with Gasteiger partial charge in [0.05, 0.1) is 0 Å². The molecule has 0 unspecified atom stereocenters. The first-order valence-corrected chi connectivity index (χ1v) is 7.06. The highest BCUT2D eigenvalue weighted by Crippen LogP contribution is 2.22. The molecule has 18 heavy (non-hydrogen) atoms. The van der Waals surface area contributed by atoms with Crippen molar-refractivity contribution in [3.63, 3.8) is 0 Å². The van der Waals surface area contributed by atoms with E-state index < -0.39 is 0 Å². The molecule has 0 fully saturated rings. The molecule has 0 spiro atoms. The highest BCUT2D eigenvalue weighted by molar-refractivity contribution is 7.99. The van der Waals surface area contributed by atoms with Crippen LogP contribution in [-0.2, 0) is 0 Å². The van der Waals surface area contributed by atoms with Gasteiger partial charge in [0.2, 0.25) is 0 Å². The predicted molar refractivity (Wildman–Crippen MR) is 78.3 cm³/mol. The number of nitrogens with one attached hydrogen (secondary N) is 1. The summed E-state index contributed by atoms with van der Waals surface area (Å²) in [6.07, 6.45) is 0. The Balaban J connectivity index is 2.48. The topological polar surface area (TPSA) is 32.3 Å². The Kier molecular flexibility index (Phi) is 6.22. The van der Waals surface area contributed by atoms with E-state index in [1.54, 1.807) is 11.8 Å². The molecule has 0 aliphatic carbocycles. The second-order valence-electron chi connectivity index (χ2n) is 4.75. The molecule has 100 valence electrons. The summed E-state index contributed by atoms with van der Waals surface area (Å²) < 4.78 is 0. The van der Waals surface area contributed by atoms with Crippen molar-refractivity contribution >= 4 is 17.7 Å². The number of hydrogen-bond donors (Lipinski definition) is 1. The predicted octanol–water partition coefficient (Wildman–Crippen LogP) is 2.48. The zero-order valence-electron chi connectivity index (χ0n) is 11.6. The van der Waals surface area contributed by atoms with E-state index in [4.69, 9.17) is 0 Å². The summed E-state index contributed by atoms with van der Waals surface area (Å²) in [6.45, 7) is 5.85. The molecule has 0 heterocycles. The fourth-order valence-corrected chi connectivity index (χ4v) is 2.29. The third-order valence-electron chi connectivity index (χ3n) is 2.33. The molecule has 3 nitrogen and oxygen atoms in total. The lowest BCUT2D eigenvalue weighted by molar-refractivity contribution is 0.0951. The smallest absolute Gasteiger partial charge is 0.251 e. The fourth-order valence-electron chi connectivity index (χ4n) is 1.45. The highest BCUT2D eigenvalue weighted by atomic mass is 32.2. The van der Waals surface area contributed by atoms with Crippen LogP contribution >= 0.6 is 11.8 Å². The molecule has 1 rings (SSSR count). The fraction of sp³-hybridized carbons (Fsp3) is 0.500. The molecule has 1 amide bonds. The Bertz CT molecular complexity index is 374. The van der Waals surface area contributed by atoms with E-state index in [0.29, 0.717) is 11.8 Å². The van der Waals surface area contributed by atoms with Crippen molar-refractivity contribution in [2.45, 2.75) is 24.0 Å². The Morgan fingerprint density at radius 2 is 1.89 bits per heavy atom. The molecule has 0 aliphatic heterocycles. The molecule has 1 aromatic rings. The Labute approximate surface area is 114 Å². The lowest BCUT2D eigenvalue weighted by Crippen LogP contribution is -2.31.